The molecule has 2 heterocycles. The molecular formula is C16H12N2O2. The minimum atomic E-state index is -0.547. The Labute approximate surface area is 115 Å². The summed E-state index contributed by atoms with van der Waals surface area (Å²) < 4.78 is 1.67. The van der Waals surface area contributed by atoms with E-state index in [1.165, 1.54) is 0 Å². The number of benzene rings is 1. The fourth-order valence-corrected chi connectivity index (χ4v) is 2.30. The van der Waals surface area contributed by atoms with E-state index in [9.17, 15) is 9.59 Å². The monoisotopic (exact) mass is 264 g/mol. The summed E-state index contributed by atoms with van der Waals surface area (Å²) in [7, 11) is 0. The summed E-state index contributed by atoms with van der Waals surface area (Å²) in [6, 6.07) is 11.2. The van der Waals surface area contributed by atoms with E-state index < -0.39 is 5.78 Å². The van der Waals surface area contributed by atoms with E-state index in [0.717, 1.165) is 16.3 Å². The zero-order valence-electron chi connectivity index (χ0n) is 10.9. The maximum Gasteiger partial charge on any atom is 0.242 e. The molecule has 98 valence electrons. The molecule has 0 unspecified atom stereocenters. The Bertz CT molecular complexity index is 818. The summed E-state index contributed by atoms with van der Waals surface area (Å²) in [5.74, 6) is 0.0842. The third kappa shape index (κ3) is 1.91. The summed E-state index contributed by atoms with van der Waals surface area (Å²) in [6.07, 6.45) is 3.85. The number of ketones is 1. The van der Waals surface area contributed by atoms with Crippen LogP contribution in [0.25, 0.3) is 16.6 Å². The summed E-state index contributed by atoms with van der Waals surface area (Å²) in [6.45, 7) is 1.95. The van der Waals surface area contributed by atoms with Crippen molar-refractivity contribution in [1.29, 1.82) is 0 Å². The molecule has 20 heavy (non-hydrogen) atoms. The molecule has 2 aromatic heterocycles. The molecule has 4 heteroatoms. The normalized spacial score (nSPS) is 10.7. The van der Waals surface area contributed by atoms with Gasteiger partial charge in [-0.15, -0.1) is 0 Å². The van der Waals surface area contributed by atoms with Gasteiger partial charge in [0.05, 0.1) is 0 Å². The molecule has 0 saturated heterocycles. The van der Waals surface area contributed by atoms with Crippen molar-refractivity contribution >= 4 is 22.8 Å². The number of aryl methyl sites for hydroxylation is 1. The first kappa shape index (κ1) is 12.3. The Hall–Kier alpha value is -2.75. The number of aromatic nitrogens is 2. The van der Waals surface area contributed by atoms with Crippen molar-refractivity contribution in [3.63, 3.8) is 0 Å². The molecule has 0 aliphatic carbocycles. The average molecular weight is 264 g/mol. The standard InChI is InChI=1S/C16H12N2O2/c1-11-6-7-17-15(8-11)18-9-12-4-2-3-5-13(12)16(18)14(20)10-19/h2-10H,1H3. The molecule has 0 fully saturated rings. The molecule has 1 aromatic carbocycles. The van der Waals surface area contributed by atoms with Crippen LogP contribution in [-0.4, -0.2) is 21.6 Å². The third-order valence-electron chi connectivity index (χ3n) is 3.21. The van der Waals surface area contributed by atoms with E-state index in [1.807, 2.05) is 49.5 Å². The predicted octanol–water partition coefficient (Wildman–Crippen LogP) is 2.72. The first-order chi connectivity index (χ1) is 9.70. The van der Waals surface area contributed by atoms with Crippen LogP contribution >= 0.6 is 0 Å². The quantitative estimate of drug-likeness (QED) is 0.415. The van der Waals surface area contributed by atoms with Crippen molar-refractivity contribution in [2.24, 2.45) is 0 Å². The van der Waals surface area contributed by atoms with Gasteiger partial charge in [0.25, 0.3) is 0 Å². The van der Waals surface area contributed by atoms with Crippen LogP contribution in [0.5, 0.6) is 0 Å². The number of nitrogens with zero attached hydrogens (tertiary/aromatic N) is 2. The highest BCUT2D eigenvalue weighted by Crippen LogP contribution is 2.24. The fourth-order valence-electron chi connectivity index (χ4n) is 2.30. The molecule has 0 spiro atoms. The second-order valence-electron chi connectivity index (χ2n) is 4.61. The van der Waals surface area contributed by atoms with Crippen molar-refractivity contribution in [1.82, 2.24) is 9.55 Å². The van der Waals surface area contributed by atoms with Gasteiger partial charge in [-0.05, 0) is 24.6 Å². The molecule has 0 N–H and O–H groups in total. The van der Waals surface area contributed by atoms with Gasteiger partial charge in [0, 0.05) is 23.2 Å². The fraction of sp³-hybridized carbons (Fsp3) is 0.0625. The van der Waals surface area contributed by atoms with Crippen LogP contribution in [0.2, 0.25) is 0 Å². The van der Waals surface area contributed by atoms with E-state index in [-0.39, 0.29) is 0 Å². The van der Waals surface area contributed by atoms with Crippen molar-refractivity contribution in [3.05, 3.63) is 60.0 Å². The molecule has 0 aliphatic heterocycles. The summed E-state index contributed by atoms with van der Waals surface area (Å²) in [4.78, 5) is 27.1. The number of fused-ring (bicyclic) bond motifs is 1. The van der Waals surface area contributed by atoms with E-state index in [4.69, 9.17) is 0 Å². The largest absolute Gasteiger partial charge is 0.297 e. The van der Waals surface area contributed by atoms with Crippen LogP contribution in [-0.2, 0) is 4.79 Å². The summed E-state index contributed by atoms with van der Waals surface area (Å²) >= 11 is 0. The van der Waals surface area contributed by atoms with Crippen LogP contribution < -0.4 is 0 Å². The Balaban J connectivity index is 2.35. The van der Waals surface area contributed by atoms with E-state index in [0.29, 0.717) is 17.8 Å². The van der Waals surface area contributed by atoms with Crippen LogP contribution in [0.3, 0.4) is 0 Å². The van der Waals surface area contributed by atoms with E-state index >= 15 is 0 Å². The van der Waals surface area contributed by atoms with E-state index in [1.54, 1.807) is 10.8 Å². The van der Waals surface area contributed by atoms with Crippen LogP contribution in [0.15, 0.2) is 48.8 Å². The third-order valence-corrected chi connectivity index (χ3v) is 3.21. The maximum atomic E-state index is 12.0. The predicted molar refractivity (Wildman–Crippen MR) is 76.2 cm³/mol. The molecule has 3 rings (SSSR count). The molecule has 0 bridgehead atoms. The highest BCUT2D eigenvalue weighted by atomic mass is 16.2. The first-order valence-electron chi connectivity index (χ1n) is 6.23. The molecule has 0 radical (unpaired) electrons. The number of carbonyl (C=O) groups excluding carboxylic acids is 2. The topological polar surface area (TPSA) is 52.0 Å². The van der Waals surface area contributed by atoms with Gasteiger partial charge in [0.15, 0.2) is 6.29 Å². The maximum absolute atomic E-state index is 12.0. The van der Waals surface area contributed by atoms with Gasteiger partial charge in [-0.25, -0.2) is 4.98 Å². The lowest BCUT2D eigenvalue weighted by atomic mass is 10.1. The minimum Gasteiger partial charge on any atom is -0.297 e. The number of hydrogen-bond donors (Lipinski definition) is 0. The van der Waals surface area contributed by atoms with Crippen LogP contribution in [0.1, 0.15) is 16.1 Å². The zero-order chi connectivity index (χ0) is 14.1. The molecule has 0 aliphatic rings. The lowest BCUT2D eigenvalue weighted by Gasteiger charge is -2.06. The van der Waals surface area contributed by atoms with Gasteiger partial charge in [0.2, 0.25) is 5.78 Å². The molecule has 0 amide bonds. The zero-order valence-corrected chi connectivity index (χ0v) is 10.9. The highest BCUT2D eigenvalue weighted by Gasteiger charge is 2.17. The van der Waals surface area contributed by atoms with Crippen molar-refractivity contribution in [2.75, 3.05) is 0 Å². The van der Waals surface area contributed by atoms with Gasteiger partial charge in [-0.1, -0.05) is 24.3 Å². The van der Waals surface area contributed by atoms with Gasteiger partial charge >= 0.3 is 0 Å². The second-order valence-corrected chi connectivity index (χ2v) is 4.61. The Morgan fingerprint density at radius 2 is 2.05 bits per heavy atom. The number of pyridine rings is 1. The first-order valence-corrected chi connectivity index (χ1v) is 6.23. The van der Waals surface area contributed by atoms with E-state index in [2.05, 4.69) is 4.98 Å². The number of hydrogen-bond acceptors (Lipinski definition) is 3. The summed E-state index contributed by atoms with van der Waals surface area (Å²) in [5.41, 5.74) is 1.39. The molecule has 0 atom stereocenters. The highest BCUT2D eigenvalue weighted by molar-refractivity contribution is 6.36. The van der Waals surface area contributed by atoms with Crippen molar-refractivity contribution in [3.8, 4) is 5.82 Å². The van der Waals surface area contributed by atoms with Gasteiger partial charge < -0.3 is 0 Å². The minimum absolute atomic E-state index is 0.341. The lowest BCUT2D eigenvalue weighted by Crippen LogP contribution is -2.09. The second kappa shape index (κ2) is 4.74. The summed E-state index contributed by atoms with van der Waals surface area (Å²) in [5, 5.41) is 1.66. The molecule has 0 saturated carbocycles. The van der Waals surface area contributed by atoms with Crippen molar-refractivity contribution < 1.29 is 9.59 Å². The smallest absolute Gasteiger partial charge is 0.242 e. The van der Waals surface area contributed by atoms with Gasteiger partial charge in [0.1, 0.15) is 11.5 Å². The van der Waals surface area contributed by atoms with Gasteiger partial charge in [-0.2, -0.15) is 0 Å². The van der Waals surface area contributed by atoms with Crippen molar-refractivity contribution in [2.45, 2.75) is 6.92 Å². The van der Waals surface area contributed by atoms with Crippen LogP contribution in [0, 0.1) is 6.92 Å². The van der Waals surface area contributed by atoms with Crippen LogP contribution in [0.4, 0.5) is 0 Å². The average Bonchev–Trinajstić information content (AvgIpc) is 2.86. The molecule has 3 aromatic rings. The molecule has 4 nitrogen and oxygen atoms in total. The van der Waals surface area contributed by atoms with Gasteiger partial charge in [-0.3, -0.25) is 14.2 Å². The molecular weight excluding hydrogens is 252 g/mol. The number of Topliss-reactive ketones (excluding diaryl/α,β-unsaturated/α-hetero) is 1. The number of carbonyl (C=O) groups is 2. The number of rotatable bonds is 3. The Morgan fingerprint density at radius 3 is 2.80 bits per heavy atom. The SMILES string of the molecule is Cc1ccnc(-n2cc3ccccc3c2C(=O)C=O)c1. The number of aldehydes is 1. The lowest BCUT2D eigenvalue weighted by molar-refractivity contribution is -0.104. The Morgan fingerprint density at radius 1 is 1.25 bits per heavy atom. The Kier molecular flexibility index (Phi) is 2.91.